The quantitative estimate of drug-likeness (QED) is 0.882. The second-order valence-electron chi connectivity index (χ2n) is 6.43. The molecule has 3 rings (SSSR count). The fourth-order valence-electron chi connectivity index (χ4n) is 2.67. The van der Waals surface area contributed by atoms with Crippen LogP contribution in [-0.4, -0.2) is 28.6 Å². The predicted octanol–water partition coefficient (Wildman–Crippen LogP) is 2.12. The molecule has 0 aliphatic heterocycles. The van der Waals surface area contributed by atoms with Crippen LogP contribution in [0.2, 0.25) is 0 Å². The molecule has 22 heavy (non-hydrogen) atoms. The van der Waals surface area contributed by atoms with E-state index in [1.165, 1.54) is 12.8 Å². The Labute approximate surface area is 129 Å². The van der Waals surface area contributed by atoms with Gasteiger partial charge < -0.3 is 15.6 Å². The summed E-state index contributed by atoms with van der Waals surface area (Å²) < 4.78 is 5.29. The minimum absolute atomic E-state index is 0.0365. The van der Waals surface area contributed by atoms with Gasteiger partial charge in [0.2, 0.25) is 0 Å². The summed E-state index contributed by atoms with van der Waals surface area (Å²) in [6, 6.07) is 1.82. The van der Waals surface area contributed by atoms with Crippen molar-refractivity contribution >= 4 is 17.0 Å². The van der Waals surface area contributed by atoms with E-state index in [1.807, 2.05) is 20.8 Å². The van der Waals surface area contributed by atoms with Crippen LogP contribution in [0.5, 0.6) is 0 Å². The van der Waals surface area contributed by atoms with Gasteiger partial charge in [-0.1, -0.05) is 19.0 Å². The first-order chi connectivity index (χ1) is 10.5. The fraction of sp³-hybridized carbons (Fsp3) is 0.562. The van der Waals surface area contributed by atoms with Gasteiger partial charge in [-0.25, -0.2) is 4.98 Å². The molecule has 0 bridgehead atoms. The minimum Gasteiger partial charge on any atom is -0.350 e. The van der Waals surface area contributed by atoms with Gasteiger partial charge in [-0.05, 0) is 37.7 Å². The molecule has 2 heterocycles. The van der Waals surface area contributed by atoms with Gasteiger partial charge in [0.25, 0.3) is 11.6 Å². The highest BCUT2D eigenvalue weighted by Crippen LogP contribution is 2.31. The molecule has 0 aromatic carbocycles. The van der Waals surface area contributed by atoms with Crippen molar-refractivity contribution in [2.75, 3.05) is 6.54 Å². The maximum Gasteiger partial charge on any atom is 0.259 e. The zero-order valence-electron chi connectivity index (χ0n) is 13.2. The summed E-state index contributed by atoms with van der Waals surface area (Å²) in [5, 5.41) is 7.71. The highest BCUT2D eigenvalue weighted by Gasteiger charge is 2.29. The van der Waals surface area contributed by atoms with E-state index in [9.17, 15) is 4.79 Å². The van der Waals surface area contributed by atoms with Crippen LogP contribution in [0.3, 0.4) is 0 Å². The summed E-state index contributed by atoms with van der Waals surface area (Å²) in [4.78, 5) is 16.9. The largest absolute Gasteiger partial charge is 0.350 e. The number of nitrogens with zero attached hydrogens (tertiary/aromatic N) is 2. The molecule has 1 fully saturated rings. The van der Waals surface area contributed by atoms with E-state index < -0.39 is 0 Å². The third kappa shape index (κ3) is 2.83. The van der Waals surface area contributed by atoms with Crippen LogP contribution in [0, 0.1) is 12.8 Å². The van der Waals surface area contributed by atoms with Crippen LogP contribution in [0.15, 0.2) is 10.6 Å². The fourth-order valence-corrected chi connectivity index (χ4v) is 2.67. The molecular formula is C16H22N4O2. The average Bonchev–Trinajstić information content (AvgIpc) is 3.23. The highest BCUT2D eigenvalue weighted by molar-refractivity contribution is 6.06. The Balaban J connectivity index is 1.90. The molecule has 1 aliphatic rings. The SMILES string of the molecule is Cc1cc(C(=O)NCC(N)C2CC2)c2c(C(C)C)noc2n1. The molecule has 2 aromatic heterocycles. The van der Waals surface area contributed by atoms with Gasteiger partial charge in [0.15, 0.2) is 0 Å². The summed E-state index contributed by atoms with van der Waals surface area (Å²) in [6.07, 6.45) is 2.33. The molecule has 0 saturated heterocycles. The van der Waals surface area contributed by atoms with Crippen LogP contribution in [0.4, 0.5) is 0 Å². The maximum absolute atomic E-state index is 12.6. The number of aryl methyl sites for hydroxylation is 1. The Kier molecular flexibility index (Phi) is 3.87. The third-order valence-electron chi connectivity index (χ3n) is 4.12. The Morgan fingerprint density at radius 3 is 2.86 bits per heavy atom. The average molecular weight is 302 g/mol. The molecule has 1 unspecified atom stereocenters. The van der Waals surface area contributed by atoms with E-state index in [2.05, 4.69) is 15.5 Å². The Hall–Kier alpha value is -1.95. The predicted molar refractivity (Wildman–Crippen MR) is 83.7 cm³/mol. The number of carbonyl (C=O) groups is 1. The number of amides is 1. The number of carbonyl (C=O) groups excluding carboxylic acids is 1. The van der Waals surface area contributed by atoms with E-state index in [0.717, 1.165) is 11.4 Å². The highest BCUT2D eigenvalue weighted by atomic mass is 16.5. The summed E-state index contributed by atoms with van der Waals surface area (Å²) in [6.45, 7) is 6.36. The van der Waals surface area contributed by atoms with E-state index in [-0.39, 0.29) is 17.9 Å². The number of hydrogen-bond donors (Lipinski definition) is 2. The molecular weight excluding hydrogens is 280 g/mol. The van der Waals surface area contributed by atoms with Crippen LogP contribution in [0.1, 0.15) is 54.4 Å². The smallest absolute Gasteiger partial charge is 0.259 e. The van der Waals surface area contributed by atoms with Gasteiger partial charge in [-0.15, -0.1) is 0 Å². The lowest BCUT2D eigenvalue weighted by molar-refractivity contribution is 0.0951. The first-order valence-corrected chi connectivity index (χ1v) is 7.78. The van der Waals surface area contributed by atoms with Crippen molar-refractivity contribution in [3.63, 3.8) is 0 Å². The first kappa shape index (κ1) is 15.0. The molecule has 6 heteroatoms. The molecule has 1 aliphatic carbocycles. The minimum atomic E-state index is -0.142. The van der Waals surface area contributed by atoms with E-state index in [1.54, 1.807) is 6.07 Å². The van der Waals surface area contributed by atoms with Gasteiger partial charge in [-0.2, -0.15) is 0 Å². The standard InChI is InChI=1S/C16H22N4O2/c1-8(2)14-13-11(6-9(3)19-16(13)22-20-14)15(21)18-7-12(17)10-4-5-10/h6,8,10,12H,4-5,7,17H2,1-3H3,(H,18,21). The Bertz CT molecular complexity index is 703. The summed E-state index contributed by atoms with van der Waals surface area (Å²) in [5.41, 5.74) is 8.53. The third-order valence-corrected chi connectivity index (χ3v) is 4.12. The van der Waals surface area contributed by atoms with Crippen molar-refractivity contribution in [3.05, 3.63) is 23.0 Å². The van der Waals surface area contributed by atoms with E-state index in [4.69, 9.17) is 10.3 Å². The van der Waals surface area contributed by atoms with Crippen LogP contribution in [0.25, 0.3) is 11.1 Å². The molecule has 0 spiro atoms. The number of hydrogen-bond acceptors (Lipinski definition) is 5. The monoisotopic (exact) mass is 302 g/mol. The Morgan fingerprint density at radius 1 is 1.50 bits per heavy atom. The van der Waals surface area contributed by atoms with Gasteiger partial charge >= 0.3 is 0 Å². The lowest BCUT2D eigenvalue weighted by Crippen LogP contribution is -2.38. The number of nitrogens with two attached hydrogens (primary N) is 1. The van der Waals surface area contributed by atoms with Gasteiger partial charge in [0.05, 0.1) is 16.6 Å². The Morgan fingerprint density at radius 2 is 2.23 bits per heavy atom. The number of aromatic nitrogens is 2. The second kappa shape index (κ2) is 5.68. The molecule has 1 saturated carbocycles. The van der Waals surface area contributed by atoms with E-state index in [0.29, 0.717) is 29.1 Å². The summed E-state index contributed by atoms with van der Waals surface area (Å²) in [7, 11) is 0. The van der Waals surface area contributed by atoms with Crippen molar-refractivity contribution in [3.8, 4) is 0 Å². The lowest BCUT2D eigenvalue weighted by Gasteiger charge is -2.12. The molecule has 1 amide bonds. The number of pyridine rings is 1. The number of rotatable bonds is 5. The van der Waals surface area contributed by atoms with Crippen LogP contribution < -0.4 is 11.1 Å². The molecule has 0 radical (unpaired) electrons. The van der Waals surface area contributed by atoms with Crippen molar-refractivity contribution in [2.45, 2.75) is 45.6 Å². The molecule has 1 atom stereocenters. The van der Waals surface area contributed by atoms with Crippen molar-refractivity contribution in [1.82, 2.24) is 15.5 Å². The maximum atomic E-state index is 12.6. The summed E-state index contributed by atoms with van der Waals surface area (Å²) >= 11 is 0. The van der Waals surface area contributed by atoms with Crippen molar-refractivity contribution in [1.29, 1.82) is 0 Å². The molecule has 118 valence electrons. The van der Waals surface area contributed by atoms with Crippen molar-refractivity contribution in [2.24, 2.45) is 11.7 Å². The zero-order chi connectivity index (χ0) is 15.9. The molecule has 2 aromatic rings. The normalized spacial score (nSPS) is 16.2. The van der Waals surface area contributed by atoms with Crippen molar-refractivity contribution < 1.29 is 9.32 Å². The lowest BCUT2D eigenvalue weighted by atomic mass is 10.0. The van der Waals surface area contributed by atoms with E-state index >= 15 is 0 Å². The zero-order valence-corrected chi connectivity index (χ0v) is 13.2. The second-order valence-corrected chi connectivity index (χ2v) is 6.43. The van der Waals surface area contributed by atoms with Crippen LogP contribution in [-0.2, 0) is 0 Å². The number of nitrogens with one attached hydrogen (secondary N) is 1. The van der Waals surface area contributed by atoms with Gasteiger partial charge in [0, 0.05) is 18.3 Å². The molecule has 6 nitrogen and oxygen atoms in total. The summed E-state index contributed by atoms with van der Waals surface area (Å²) in [5.74, 6) is 0.573. The first-order valence-electron chi connectivity index (χ1n) is 7.78. The molecule has 3 N–H and O–H groups in total. The van der Waals surface area contributed by atoms with Gasteiger partial charge in [-0.3, -0.25) is 4.79 Å². The van der Waals surface area contributed by atoms with Crippen LogP contribution >= 0.6 is 0 Å². The van der Waals surface area contributed by atoms with Gasteiger partial charge in [0.1, 0.15) is 0 Å². The topological polar surface area (TPSA) is 94.0 Å². The number of fused-ring (bicyclic) bond motifs is 1.